The van der Waals surface area contributed by atoms with Gasteiger partial charge in [0.25, 0.3) is 5.91 Å². The van der Waals surface area contributed by atoms with Gasteiger partial charge in [0.2, 0.25) is 5.91 Å². The van der Waals surface area contributed by atoms with E-state index in [1.54, 1.807) is 29.2 Å². The second-order valence-corrected chi connectivity index (χ2v) is 7.86. The Morgan fingerprint density at radius 1 is 0.862 bits per heavy atom. The summed E-state index contributed by atoms with van der Waals surface area (Å²) in [4.78, 5) is 29.3. The number of piperazine rings is 1. The molecular formula is C21H20Cl2N4O2. The topological polar surface area (TPSA) is 56.2 Å². The maximum Gasteiger partial charge on any atom is 0.270 e. The van der Waals surface area contributed by atoms with Crippen LogP contribution in [0.5, 0.6) is 0 Å². The van der Waals surface area contributed by atoms with Crippen molar-refractivity contribution in [2.75, 3.05) is 36.1 Å². The molecule has 2 heterocycles. The Balaban J connectivity index is 1.44. The van der Waals surface area contributed by atoms with Gasteiger partial charge in [0.05, 0.1) is 5.69 Å². The fourth-order valence-electron chi connectivity index (χ4n) is 3.51. The van der Waals surface area contributed by atoms with Crippen LogP contribution in [0.25, 0.3) is 0 Å². The maximum absolute atomic E-state index is 13.0. The van der Waals surface area contributed by atoms with E-state index in [4.69, 9.17) is 23.2 Å². The van der Waals surface area contributed by atoms with E-state index in [0.29, 0.717) is 41.0 Å². The van der Waals surface area contributed by atoms with E-state index < -0.39 is 0 Å². The van der Waals surface area contributed by atoms with E-state index in [9.17, 15) is 9.59 Å². The van der Waals surface area contributed by atoms with Crippen LogP contribution in [-0.4, -0.2) is 48.6 Å². The summed E-state index contributed by atoms with van der Waals surface area (Å²) in [6, 6.07) is 14.6. The summed E-state index contributed by atoms with van der Waals surface area (Å²) in [6.45, 7) is 2.64. The molecular weight excluding hydrogens is 411 g/mol. The van der Waals surface area contributed by atoms with Gasteiger partial charge in [0.1, 0.15) is 5.71 Å². The van der Waals surface area contributed by atoms with Crippen LogP contribution in [0.1, 0.15) is 12.8 Å². The molecule has 2 aliphatic rings. The lowest BCUT2D eigenvalue weighted by molar-refractivity contribution is -0.124. The van der Waals surface area contributed by atoms with Crippen LogP contribution in [0.4, 0.5) is 11.4 Å². The molecule has 0 aliphatic carbocycles. The number of carbonyl (C=O) groups is 2. The Hall–Kier alpha value is -2.57. The van der Waals surface area contributed by atoms with Gasteiger partial charge in [-0.25, -0.2) is 5.01 Å². The highest BCUT2D eigenvalue weighted by atomic mass is 35.5. The number of hydrazone groups is 1. The zero-order valence-electron chi connectivity index (χ0n) is 15.7. The Bertz CT molecular complexity index is 953. The average molecular weight is 431 g/mol. The predicted octanol–water partition coefficient (Wildman–Crippen LogP) is 3.83. The smallest absolute Gasteiger partial charge is 0.270 e. The maximum atomic E-state index is 13.0. The van der Waals surface area contributed by atoms with Gasteiger partial charge >= 0.3 is 0 Å². The standard InChI is InChI=1S/C21H20Cl2N4O2/c22-15-4-6-17(7-5-15)27-20(28)9-8-19(24-27)21(29)26-12-10-25(11-13-26)18-3-1-2-16(23)14-18/h1-7,14H,8-13H2. The minimum Gasteiger partial charge on any atom is -0.368 e. The molecule has 2 aliphatic heterocycles. The molecule has 0 atom stereocenters. The lowest BCUT2D eigenvalue weighted by Crippen LogP contribution is -2.51. The van der Waals surface area contributed by atoms with Gasteiger partial charge in [-0.15, -0.1) is 0 Å². The van der Waals surface area contributed by atoms with Crippen molar-refractivity contribution in [1.29, 1.82) is 0 Å². The number of hydrogen-bond donors (Lipinski definition) is 0. The molecule has 1 saturated heterocycles. The third-order valence-electron chi connectivity index (χ3n) is 5.09. The highest BCUT2D eigenvalue weighted by Gasteiger charge is 2.30. The Morgan fingerprint density at radius 2 is 1.59 bits per heavy atom. The van der Waals surface area contributed by atoms with Crippen LogP contribution in [0.15, 0.2) is 53.6 Å². The van der Waals surface area contributed by atoms with E-state index >= 15 is 0 Å². The molecule has 6 nitrogen and oxygen atoms in total. The van der Waals surface area contributed by atoms with Gasteiger partial charge in [-0.05, 0) is 42.5 Å². The average Bonchev–Trinajstić information content (AvgIpc) is 2.74. The normalized spacial score (nSPS) is 17.4. The van der Waals surface area contributed by atoms with Crippen molar-refractivity contribution >= 4 is 52.1 Å². The van der Waals surface area contributed by atoms with Gasteiger partial charge in [-0.1, -0.05) is 29.3 Å². The highest BCUT2D eigenvalue weighted by molar-refractivity contribution is 6.40. The number of anilines is 2. The van der Waals surface area contributed by atoms with Crippen molar-refractivity contribution in [3.63, 3.8) is 0 Å². The monoisotopic (exact) mass is 430 g/mol. The van der Waals surface area contributed by atoms with Crippen LogP contribution in [0, 0.1) is 0 Å². The number of nitrogens with zero attached hydrogens (tertiary/aromatic N) is 4. The molecule has 2 aromatic rings. The number of carbonyl (C=O) groups excluding carboxylic acids is 2. The van der Waals surface area contributed by atoms with Crippen molar-refractivity contribution in [1.82, 2.24) is 4.90 Å². The molecule has 0 unspecified atom stereocenters. The second-order valence-electron chi connectivity index (χ2n) is 6.99. The first kappa shape index (κ1) is 19.7. The minimum absolute atomic E-state index is 0.109. The third kappa shape index (κ3) is 4.38. The number of hydrogen-bond acceptors (Lipinski definition) is 4. The highest BCUT2D eigenvalue weighted by Crippen LogP contribution is 2.24. The van der Waals surface area contributed by atoms with Crippen LogP contribution in [0.3, 0.4) is 0 Å². The Labute approximate surface area is 179 Å². The quantitative estimate of drug-likeness (QED) is 0.743. The molecule has 0 bridgehead atoms. The summed E-state index contributed by atoms with van der Waals surface area (Å²) in [6.07, 6.45) is 0.617. The Morgan fingerprint density at radius 3 is 2.28 bits per heavy atom. The van der Waals surface area contributed by atoms with Crippen LogP contribution >= 0.6 is 23.2 Å². The van der Waals surface area contributed by atoms with Crippen molar-refractivity contribution in [3.8, 4) is 0 Å². The van der Waals surface area contributed by atoms with Crippen LogP contribution < -0.4 is 9.91 Å². The summed E-state index contributed by atoms with van der Waals surface area (Å²) >= 11 is 12.0. The molecule has 0 radical (unpaired) electrons. The first-order valence-corrected chi connectivity index (χ1v) is 10.2. The van der Waals surface area contributed by atoms with E-state index in [1.807, 2.05) is 24.3 Å². The van der Waals surface area contributed by atoms with E-state index in [0.717, 1.165) is 18.8 Å². The molecule has 150 valence electrons. The zero-order chi connectivity index (χ0) is 20.4. The largest absolute Gasteiger partial charge is 0.368 e. The molecule has 2 amide bonds. The molecule has 2 aromatic carbocycles. The second kappa shape index (κ2) is 8.43. The molecule has 0 aromatic heterocycles. The summed E-state index contributed by atoms with van der Waals surface area (Å²) in [5.41, 5.74) is 2.07. The molecule has 0 spiro atoms. The molecule has 1 fully saturated rings. The number of rotatable bonds is 3. The fourth-order valence-corrected chi connectivity index (χ4v) is 3.83. The SMILES string of the molecule is O=C(C1=NN(c2ccc(Cl)cc2)C(=O)CC1)N1CCN(c2cccc(Cl)c2)CC1. The van der Waals surface area contributed by atoms with Crippen molar-refractivity contribution in [2.24, 2.45) is 5.10 Å². The summed E-state index contributed by atoms with van der Waals surface area (Å²) < 4.78 is 0. The first-order valence-electron chi connectivity index (χ1n) is 9.47. The third-order valence-corrected chi connectivity index (χ3v) is 5.58. The lowest BCUT2D eigenvalue weighted by atomic mass is 10.1. The number of benzene rings is 2. The summed E-state index contributed by atoms with van der Waals surface area (Å²) in [7, 11) is 0. The first-order chi connectivity index (χ1) is 14.0. The molecule has 4 rings (SSSR count). The minimum atomic E-state index is -0.130. The van der Waals surface area contributed by atoms with Crippen LogP contribution in [0.2, 0.25) is 10.0 Å². The Kier molecular flexibility index (Phi) is 5.74. The van der Waals surface area contributed by atoms with E-state index in [-0.39, 0.29) is 18.2 Å². The fraction of sp³-hybridized carbons (Fsp3) is 0.286. The number of amides is 2. The van der Waals surface area contributed by atoms with Gasteiger partial charge in [-0.2, -0.15) is 5.10 Å². The van der Waals surface area contributed by atoms with Gasteiger partial charge in [0, 0.05) is 54.8 Å². The predicted molar refractivity (Wildman–Crippen MR) is 116 cm³/mol. The van der Waals surface area contributed by atoms with Gasteiger partial charge < -0.3 is 9.80 Å². The molecule has 0 saturated carbocycles. The van der Waals surface area contributed by atoms with Crippen molar-refractivity contribution in [2.45, 2.75) is 12.8 Å². The molecule has 29 heavy (non-hydrogen) atoms. The van der Waals surface area contributed by atoms with E-state index in [2.05, 4.69) is 10.0 Å². The summed E-state index contributed by atoms with van der Waals surface area (Å²) in [5.74, 6) is -0.239. The van der Waals surface area contributed by atoms with Crippen molar-refractivity contribution < 1.29 is 9.59 Å². The van der Waals surface area contributed by atoms with Crippen molar-refractivity contribution in [3.05, 3.63) is 58.6 Å². The lowest BCUT2D eigenvalue weighted by Gasteiger charge is -2.36. The number of halogens is 2. The van der Waals surface area contributed by atoms with Gasteiger partial charge in [-0.3, -0.25) is 9.59 Å². The molecule has 0 N–H and O–H groups in total. The zero-order valence-corrected chi connectivity index (χ0v) is 17.2. The summed E-state index contributed by atoms with van der Waals surface area (Å²) in [5, 5.41) is 6.94. The molecule has 8 heteroatoms. The van der Waals surface area contributed by atoms with E-state index in [1.165, 1.54) is 5.01 Å². The van der Waals surface area contributed by atoms with Crippen LogP contribution in [-0.2, 0) is 9.59 Å². The van der Waals surface area contributed by atoms with Gasteiger partial charge in [0.15, 0.2) is 0 Å².